The fourth-order valence-corrected chi connectivity index (χ4v) is 2.55. The van der Waals surface area contributed by atoms with Gasteiger partial charge in [-0.3, -0.25) is 0 Å². The van der Waals surface area contributed by atoms with Gasteiger partial charge in [-0.25, -0.2) is 4.68 Å². The summed E-state index contributed by atoms with van der Waals surface area (Å²) in [5, 5.41) is 8.74. The minimum Gasteiger partial charge on any atom is -0.312 e. The van der Waals surface area contributed by atoms with Crippen LogP contribution in [-0.2, 0) is 13.0 Å². The number of para-hydroxylation sites is 1. The summed E-state index contributed by atoms with van der Waals surface area (Å²) in [5.41, 5.74) is 4.66. The lowest BCUT2D eigenvalue weighted by molar-refractivity contribution is 0.622. The molecule has 17 heavy (non-hydrogen) atoms. The molecule has 0 fully saturated rings. The molecule has 1 N–H and O–H groups in total. The van der Waals surface area contributed by atoms with Gasteiger partial charge in [0.15, 0.2) is 0 Å². The zero-order valence-corrected chi connectivity index (χ0v) is 10.5. The summed E-state index contributed by atoms with van der Waals surface area (Å²) >= 11 is 6.23. The van der Waals surface area contributed by atoms with Crippen molar-refractivity contribution >= 4 is 11.6 Å². The topological polar surface area (TPSA) is 29.9 Å². The molecular formula is C13H14ClN3. The molecule has 2 heterocycles. The van der Waals surface area contributed by atoms with Crippen LogP contribution in [0.5, 0.6) is 0 Å². The predicted molar refractivity (Wildman–Crippen MR) is 68.7 cm³/mol. The first-order valence-electron chi connectivity index (χ1n) is 5.80. The minimum absolute atomic E-state index is 0.747. The molecule has 1 aromatic carbocycles. The van der Waals surface area contributed by atoms with E-state index in [4.69, 9.17) is 11.6 Å². The van der Waals surface area contributed by atoms with Gasteiger partial charge in [0.25, 0.3) is 0 Å². The van der Waals surface area contributed by atoms with Gasteiger partial charge in [-0.1, -0.05) is 23.7 Å². The summed E-state index contributed by atoms with van der Waals surface area (Å²) in [6.07, 6.45) is 1.00. The molecule has 2 aromatic rings. The number of rotatable bonds is 1. The Kier molecular flexibility index (Phi) is 2.65. The number of hydrogen-bond donors (Lipinski definition) is 1. The van der Waals surface area contributed by atoms with Crippen LogP contribution in [0.25, 0.3) is 5.69 Å². The van der Waals surface area contributed by atoms with E-state index in [9.17, 15) is 0 Å². The first-order valence-corrected chi connectivity index (χ1v) is 6.18. The van der Waals surface area contributed by atoms with E-state index < -0.39 is 0 Å². The molecule has 1 aliphatic heterocycles. The first-order chi connectivity index (χ1) is 8.27. The van der Waals surface area contributed by atoms with Crippen LogP contribution in [0.2, 0.25) is 5.02 Å². The van der Waals surface area contributed by atoms with Crippen molar-refractivity contribution in [1.29, 1.82) is 0 Å². The van der Waals surface area contributed by atoms with E-state index >= 15 is 0 Å². The number of benzene rings is 1. The summed E-state index contributed by atoms with van der Waals surface area (Å²) in [7, 11) is 0. The Bertz CT molecular complexity index is 560. The van der Waals surface area contributed by atoms with Gasteiger partial charge in [-0.15, -0.1) is 0 Å². The largest absolute Gasteiger partial charge is 0.312 e. The number of nitrogens with one attached hydrogen (secondary N) is 1. The van der Waals surface area contributed by atoms with E-state index in [-0.39, 0.29) is 0 Å². The molecule has 4 heteroatoms. The van der Waals surface area contributed by atoms with Gasteiger partial charge in [-0.05, 0) is 19.1 Å². The second-order valence-corrected chi connectivity index (χ2v) is 4.71. The molecular weight excluding hydrogens is 234 g/mol. The number of halogens is 1. The SMILES string of the molecule is Cc1nn(-c2ccccc2Cl)c2c1CNCC2. The first kappa shape index (κ1) is 10.8. The highest BCUT2D eigenvalue weighted by atomic mass is 35.5. The van der Waals surface area contributed by atoms with Crippen molar-refractivity contribution in [2.45, 2.75) is 19.9 Å². The monoisotopic (exact) mass is 247 g/mol. The van der Waals surface area contributed by atoms with Crippen molar-refractivity contribution in [3.63, 3.8) is 0 Å². The zero-order chi connectivity index (χ0) is 11.8. The molecule has 1 aliphatic rings. The third kappa shape index (κ3) is 1.75. The number of hydrogen-bond acceptors (Lipinski definition) is 2. The van der Waals surface area contributed by atoms with Crippen LogP contribution in [0.3, 0.4) is 0 Å². The average Bonchev–Trinajstić information content (AvgIpc) is 2.68. The van der Waals surface area contributed by atoms with Crippen LogP contribution in [-0.4, -0.2) is 16.3 Å². The highest BCUT2D eigenvalue weighted by Gasteiger charge is 2.19. The lowest BCUT2D eigenvalue weighted by Gasteiger charge is -2.15. The lowest BCUT2D eigenvalue weighted by atomic mass is 10.1. The lowest BCUT2D eigenvalue weighted by Crippen LogP contribution is -2.24. The molecule has 3 nitrogen and oxygen atoms in total. The summed E-state index contributed by atoms with van der Waals surface area (Å²) < 4.78 is 1.99. The molecule has 0 bridgehead atoms. The number of nitrogens with zero attached hydrogens (tertiary/aromatic N) is 2. The van der Waals surface area contributed by atoms with E-state index in [0.717, 1.165) is 35.9 Å². The summed E-state index contributed by atoms with van der Waals surface area (Å²) in [5.74, 6) is 0. The van der Waals surface area contributed by atoms with Gasteiger partial charge < -0.3 is 5.32 Å². The molecule has 0 saturated carbocycles. The van der Waals surface area contributed by atoms with Gasteiger partial charge in [-0.2, -0.15) is 5.10 Å². The van der Waals surface area contributed by atoms with E-state index in [2.05, 4.69) is 17.3 Å². The molecule has 88 valence electrons. The molecule has 0 saturated heterocycles. The Morgan fingerprint density at radius 3 is 3.00 bits per heavy atom. The van der Waals surface area contributed by atoms with Gasteiger partial charge in [0.1, 0.15) is 0 Å². The van der Waals surface area contributed by atoms with Crippen LogP contribution in [0.4, 0.5) is 0 Å². The second-order valence-electron chi connectivity index (χ2n) is 4.30. The van der Waals surface area contributed by atoms with Crippen LogP contribution < -0.4 is 5.32 Å². The number of aromatic nitrogens is 2. The maximum atomic E-state index is 6.23. The summed E-state index contributed by atoms with van der Waals surface area (Å²) in [4.78, 5) is 0. The van der Waals surface area contributed by atoms with Crippen LogP contribution >= 0.6 is 11.6 Å². The Morgan fingerprint density at radius 2 is 2.18 bits per heavy atom. The molecule has 3 rings (SSSR count). The highest BCUT2D eigenvalue weighted by molar-refractivity contribution is 6.32. The fraction of sp³-hybridized carbons (Fsp3) is 0.308. The molecule has 0 radical (unpaired) electrons. The molecule has 0 aliphatic carbocycles. The number of aryl methyl sites for hydroxylation is 1. The molecule has 0 amide bonds. The maximum absolute atomic E-state index is 6.23. The van der Waals surface area contributed by atoms with Crippen molar-refractivity contribution in [1.82, 2.24) is 15.1 Å². The predicted octanol–water partition coefficient (Wildman–Crippen LogP) is 2.48. The smallest absolute Gasteiger partial charge is 0.0835 e. The van der Waals surface area contributed by atoms with Crippen LogP contribution in [0.15, 0.2) is 24.3 Å². The van der Waals surface area contributed by atoms with Gasteiger partial charge in [0.2, 0.25) is 0 Å². The van der Waals surface area contributed by atoms with Crippen molar-refractivity contribution in [3.05, 3.63) is 46.2 Å². The fourth-order valence-electron chi connectivity index (χ4n) is 2.34. The standard InChI is InChI=1S/C13H14ClN3/c1-9-10-8-15-7-6-12(10)17(16-9)13-5-3-2-4-11(13)14/h2-5,15H,6-8H2,1H3. The number of fused-ring (bicyclic) bond motifs is 1. The van der Waals surface area contributed by atoms with E-state index in [1.807, 2.05) is 28.9 Å². The molecule has 0 unspecified atom stereocenters. The normalized spacial score (nSPS) is 14.7. The van der Waals surface area contributed by atoms with Gasteiger partial charge in [0.05, 0.1) is 22.1 Å². The van der Waals surface area contributed by atoms with Crippen molar-refractivity contribution in [3.8, 4) is 5.69 Å². The van der Waals surface area contributed by atoms with Crippen molar-refractivity contribution in [2.24, 2.45) is 0 Å². The third-order valence-electron chi connectivity index (χ3n) is 3.21. The highest BCUT2D eigenvalue weighted by Crippen LogP contribution is 2.25. The average molecular weight is 248 g/mol. The molecule has 1 aromatic heterocycles. The van der Waals surface area contributed by atoms with E-state index in [1.54, 1.807) is 0 Å². The van der Waals surface area contributed by atoms with Gasteiger partial charge in [0, 0.05) is 25.1 Å². The second kappa shape index (κ2) is 4.17. The van der Waals surface area contributed by atoms with E-state index in [0.29, 0.717) is 0 Å². The summed E-state index contributed by atoms with van der Waals surface area (Å²) in [6, 6.07) is 7.85. The van der Waals surface area contributed by atoms with Crippen molar-refractivity contribution in [2.75, 3.05) is 6.54 Å². The minimum atomic E-state index is 0.747. The van der Waals surface area contributed by atoms with Crippen LogP contribution in [0, 0.1) is 6.92 Å². The maximum Gasteiger partial charge on any atom is 0.0835 e. The zero-order valence-electron chi connectivity index (χ0n) is 9.70. The Balaban J connectivity index is 2.19. The third-order valence-corrected chi connectivity index (χ3v) is 3.53. The Morgan fingerprint density at radius 1 is 1.35 bits per heavy atom. The molecule has 0 atom stereocenters. The van der Waals surface area contributed by atoms with Crippen molar-refractivity contribution < 1.29 is 0 Å². The Hall–Kier alpha value is -1.32. The quantitative estimate of drug-likeness (QED) is 0.839. The van der Waals surface area contributed by atoms with Crippen LogP contribution in [0.1, 0.15) is 17.0 Å². The van der Waals surface area contributed by atoms with E-state index in [1.165, 1.54) is 11.3 Å². The molecule has 0 spiro atoms. The summed E-state index contributed by atoms with van der Waals surface area (Å²) in [6.45, 7) is 3.97. The Labute approximate surface area is 105 Å². The van der Waals surface area contributed by atoms with Gasteiger partial charge >= 0.3 is 0 Å².